The number of hydrogen-bond acceptors (Lipinski definition) is 2. The van der Waals surface area contributed by atoms with Crippen molar-refractivity contribution in [3.05, 3.63) is 154 Å². The van der Waals surface area contributed by atoms with Gasteiger partial charge in [-0.05, 0) is 58.9 Å². The van der Waals surface area contributed by atoms with Crippen LogP contribution in [0, 0.1) is 0 Å². The molecule has 0 saturated carbocycles. The largest absolute Gasteiger partial charge is 0.268 e. The predicted octanol–water partition coefficient (Wildman–Crippen LogP) is 8.09. The van der Waals surface area contributed by atoms with Crippen molar-refractivity contribution in [1.82, 2.24) is 9.38 Å². The van der Waals surface area contributed by atoms with Gasteiger partial charge in [-0.3, -0.25) is 9.20 Å². The van der Waals surface area contributed by atoms with Crippen molar-refractivity contribution in [2.75, 3.05) is 0 Å². The molecular weight excluding hydrogens is 500 g/mol. The maximum atomic E-state index is 14.3. The summed E-state index contributed by atoms with van der Waals surface area (Å²) in [6.45, 7) is 5.81. The summed E-state index contributed by atoms with van der Waals surface area (Å²) in [6, 6.07) is 39.6. The molecule has 0 amide bonds. The number of hydrogen-bond donors (Lipinski definition) is 0. The molecule has 41 heavy (non-hydrogen) atoms. The van der Waals surface area contributed by atoms with E-state index in [-0.39, 0.29) is 5.56 Å². The van der Waals surface area contributed by atoms with Crippen molar-refractivity contribution in [3.63, 3.8) is 0 Å². The first-order valence-electron chi connectivity index (χ1n) is 13.9. The summed E-state index contributed by atoms with van der Waals surface area (Å²) in [5, 5.41) is 2.66. The number of imidazole rings is 1. The molecule has 2 heterocycles. The summed E-state index contributed by atoms with van der Waals surface area (Å²) in [7, 11) is 0. The molecule has 0 fully saturated rings. The Morgan fingerprint density at radius 1 is 0.780 bits per heavy atom. The van der Waals surface area contributed by atoms with E-state index in [4.69, 9.17) is 4.98 Å². The van der Waals surface area contributed by atoms with Gasteiger partial charge in [0.1, 0.15) is 5.65 Å². The lowest BCUT2D eigenvalue weighted by Crippen LogP contribution is -2.31. The highest BCUT2D eigenvalue weighted by Gasteiger charge is 2.19. The Bertz CT molecular complexity index is 2190. The fourth-order valence-electron chi connectivity index (χ4n) is 5.94. The minimum Gasteiger partial charge on any atom is -0.268 e. The Kier molecular flexibility index (Phi) is 6.06. The van der Waals surface area contributed by atoms with Crippen LogP contribution in [0.15, 0.2) is 127 Å². The summed E-state index contributed by atoms with van der Waals surface area (Å²) >= 11 is 0. The molecule has 196 valence electrons. The van der Waals surface area contributed by atoms with E-state index in [1.54, 1.807) is 0 Å². The number of aromatic nitrogens is 2. The van der Waals surface area contributed by atoms with Crippen LogP contribution in [0.5, 0.6) is 0 Å². The highest BCUT2D eigenvalue weighted by atomic mass is 16.1. The lowest BCUT2D eigenvalue weighted by Gasteiger charge is -2.10. The Hall–Kier alpha value is -5.28. The van der Waals surface area contributed by atoms with Crippen LogP contribution >= 0.6 is 0 Å². The fourth-order valence-corrected chi connectivity index (χ4v) is 5.94. The summed E-state index contributed by atoms with van der Waals surface area (Å²) < 4.78 is 1.81. The maximum Gasteiger partial charge on any atom is 0.264 e. The van der Waals surface area contributed by atoms with E-state index < -0.39 is 0 Å². The van der Waals surface area contributed by atoms with Crippen molar-refractivity contribution in [2.45, 2.75) is 13.3 Å². The van der Waals surface area contributed by atoms with Gasteiger partial charge >= 0.3 is 0 Å². The predicted molar refractivity (Wildman–Crippen MR) is 172 cm³/mol. The van der Waals surface area contributed by atoms with Crippen molar-refractivity contribution < 1.29 is 0 Å². The molecule has 3 heteroatoms. The molecule has 7 rings (SSSR count). The number of pyridine rings is 1. The van der Waals surface area contributed by atoms with E-state index in [1.165, 1.54) is 5.56 Å². The Labute approximate surface area is 238 Å². The topological polar surface area (TPSA) is 34.4 Å². The van der Waals surface area contributed by atoms with Crippen molar-refractivity contribution in [1.29, 1.82) is 0 Å². The molecule has 5 aromatic carbocycles. The lowest BCUT2D eigenvalue weighted by atomic mass is 9.97. The van der Waals surface area contributed by atoms with Crippen molar-refractivity contribution >= 4 is 39.6 Å². The van der Waals surface area contributed by atoms with Crippen LogP contribution < -0.4 is 10.8 Å². The molecule has 0 aliphatic carbocycles. The molecule has 0 N–H and O–H groups in total. The maximum absolute atomic E-state index is 14.3. The van der Waals surface area contributed by atoms with E-state index in [1.807, 2.05) is 59.9 Å². The first-order valence-corrected chi connectivity index (χ1v) is 13.9. The normalized spacial score (nSPS) is 12.0. The quantitative estimate of drug-likeness (QED) is 0.226. The van der Waals surface area contributed by atoms with E-state index in [0.717, 1.165) is 61.6 Å². The van der Waals surface area contributed by atoms with E-state index >= 15 is 0 Å². The van der Waals surface area contributed by atoms with Gasteiger partial charge in [0, 0.05) is 21.6 Å². The first kappa shape index (κ1) is 24.7. The van der Waals surface area contributed by atoms with E-state index in [9.17, 15) is 4.79 Å². The monoisotopic (exact) mass is 528 g/mol. The van der Waals surface area contributed by atoms with Crippen LogP contribution in [0.25, 0.3) is 61.9 Å². The minimum absolute atomic E-state index is 0.0452. The second kappa shape index (κ2) is 10.0. The molecule has 0 radical (unpaired) electrons. The zero-order valence-electron chi connectivity index (χ0n) is 22.8. The van der Waals surface area contributed by atoms with Gasteiger partial charge in [0.25, 0.3) is 5.56 Å². The minimum atomic E-state index is -0.0452. The zero-order chi connectivity index (χ0) is 27.9. The van der Waals surface area contributed by atoms with Crippen molar-refractivity contribution in [2.24, 2.45) is 0 Å². The average molecular weight is 529 g/mol. The third-order valence-electron chi connectivity index (χ3n) is 7.95. The third kappa shape index (κ3) is 4.14. The number of fused-ring (bicyclic) bond motifs is 5. The molecule has 3 nitrogen and oxygen atoms in total. The number of benzene rings is 5. The Morgan fingerprint density at radius 3 is 2.17 bits per heavy atom. The molecule has 0 spiro atoms. The second-order valence-corrected chi connectivity index (χ2v) is 10.4. The van der Waals surface area contributed by atoms with Crippen molar-refractivity contribution in [3.8, 4) is 22.3 Å². The van der Waals surface area contributed by atoms with E-state index in [2.05, 4.69) is 85.4 Å². The van der Waals surface area contributed by atoms with Gasteiger partial charge < -0.3 is 0 Å². The van der Waals surface area contributed by atoms with Gasteiger partial charge in [0.2, 0.25) is 0 Å². The molecule has 2 aromatic heterocycles. The van der Waals surface area contributed by atoms with Gasteiger partial charge in [0.05, 0.1) is 11.0 Å². The molecule has 0 atom stereocenters. The number of nitrogens with zero attached hydrogens (tertiary/aromatic N) is 2. The summed E-state index contributed by atoms with van der Waals surface area (Å²) in [6.07, 6.45) is 4.51. The van der Waals surface area contributed by atoms with Crippen LogP contribution in [0.3, 0.4) is 0 Å². The highest BCUT2D eigenvalue weighted by molar-refractivity contribution is 6.04. The van der Waals surface area contributed by atoms with Crippen LogP contribution in [-0.2, 0) is 6.42 Å². The Balaban J connectivity index is 1.57. The molecular formula is C38H28N2O. The molecule has 0 aliphatic heterocycles. The summed E-state index contributed by atoms with van der Waals surface area (Å²) in [4.78, 5) is 19.5. The van der Waals surface area contributed by atoms with Gasteiger partial charge in [-0.1, -0.05) is 122 Å². The second-order valence-electron chi connectivity index (χ2n) is 10.4. The van der Waals surface area contributed by atoms with Crippen LogP contribution in [0.4, 0.5) is 0 Å². The molecule has 7 aromatic rings. The van der Waals surface area contributed by atoms with Crippen LogP contribution in [-0.4, -0.2) is 9.38 Å². The third-order valence-corrected chi connectivity index (χ3v) is 7.95. The van der Waals surface area contributed by atoms with Gasteiger partial charge in [0.15, 0.2) is 0 Å². The SMILES string of the molecule is C=Cc1ccc(Cc2cccc3c2/c(=C\C)c(=O)n2c4cc(-c5ccccc5)cc(-c5ccccc5)c4nc32)cc1. The van der Waals surface area contributed by atoms with Gasteiger partial charge in [-0.15, -0.1) is 0 Å². The molecule has 0 aliphatic rings. The van der Waals surface area contributed by atoms with E-state index in [0.29, 0.717) is 10.9 Å². The van der Waals surface area contributed by atoms with Gasteiger partial charge in [-0.2, -0.15) is 0 Å². The van der Waals surface area contributed by atoms with Crippen LogP contribution in [0.1, 0.15) is 23.6 Å². The average Bonchev–Trinajstić information content (AvgIpc) is 3.43. The summed E-state index contributed by atoms with van der Waals surface area (Å²) in [5.74, 6) is 0. The lowest BCUT2D eigenvalue weighted by molar-refractivity contribution is 1.14. The van der Waals surface area contributed by atoms with Gasteiger partial charge in [-0.25, -0.2) is 4.98 Å². The Morgan fingerprint density at radius 2 is 1.49 bits per heavy atom. The molecule has 0 unspecified atom stereocenters. The van der Waals surface area contributed by atoms with Crippen LogP contribution in [0.2, 0.25) is 0 Å². The molecule has 0 saturated heterocycles. The molecule has 0 bridgehead atoms. The smallest absolute Gasteiger partial charge is 0.264 e. The zero-order valence-corrected chi connectivity index (χ0v) is 22.8. The fraction of sp³-hybridized carbons (Fsp3) is 0.0526. The standard InChI is InChI=1S/C38H28N2O/c1-3-25-18-20-26(21-19-25)22-29-16-11-17-32-35(29)31(4-2)38(41)40-34-24-30(27-12-7-5-8-13-27)23-33(36(34)39-37(32)40)28-14-9-6-10-15-28/h3-21,23-24H,1,22H2,2H3/b31-4+. The first-order chi connectivity index (χ1) is 20.2. The highest BCUT2D eigenvalue weighted by Crippen LogP contribution is 2.35. The summed E-state index contributed by atoms with van der Waals surface area (Å²) in [5.41, 5.74) is 9.91. The number of rotatable bonds is 5.